The third-order valence-corrected chi connectivity index (χ3v) is 3.55. The molecule has 1 atom stereocenters. The number of hydrogen-bond donors (Lipinski definition) is 1. The van der Waals surface area contributed by atoms with Crippen LogP contribution in [0.2, 0.25) is 0 Å². The van der Waals surface area contributed by atoms with Crippen molar-refractivity contribution in [3.63, 3.8) is 0 Å². The van der Waals surface area contributed by atoms with Crippen LogP contribution in [-0.4, -0.2) is 49.4 Å². The molecular weight excluding hydrogens is 232 g/mol. The quantitative estimate of drug-likeness (QED) is 0.551. The monoisotopic (exact) mass is 256 g/mol. The van der Waals surface area contributed by atoms with Gasteiger partial charge in [0.05, 0.1) is 13.2 Å². The van der Waals surface area contributed by atoms with E-state index in [1.165, 1.54) is 0 Å². The number of likely N-dealkylation sites (tertiary alicyclic amines) is 1. The molecule has 0 amide bonds. The van der Waals surface area contributed by atoms with Crippen LogP contribution in [0.4, 0.5) is 0 Å². The second-order valence-electron chi connectivity index (χ2n) is 5.39. The number of ketones is 1. The molecule has 0 aromatic rings. The Kier molecular flexibility index (Phi) is 5.28. The summed E-state index contributed by atoms with van der Waals surface area (Å²) in [6, 6.07) is 0. The second kappa shape index (κ2) is 6.29. The number of ether oxygens (including phenoxy) is 1. The third kappa shape index (κ3) is 3.53. The fraction of sp³-hybridized carbons (Fsp3) is 0.846. The number of nitrogens with two attached hydrogens (primary N) is 1. The predicted octanol–water partition coefficient (Wildman–Crippen LogP) is 0.425. The van der Waals surface area contributed by atoms with E-state index in [9.17, 15) is 9.59 Å². The van der Waals surface area contributed by atoms with Crippen molar-refractivity contribution < 1.29 is 14.3 Å². The van der Waals surface area contributed by atoms with E-state index in [0.717, 1.165) is 19.5 Å². The van der Waals surface area contributed by atoms with Gasteiger partial charge >= 0.3 is 5.97 Å². The number of esters is 1. The summed E-state index contributed by atoms with van der Waals surface area (Å²) in [7, 11) is 0. The standard InChI is InChI=1S/C13H24N2O3/c1-4-18-12(17)13(2,3)11(16)9-15-6-5-10(7-14)8-15/h10H,4-9,14H2,1-3H3. The Morgan fingerprint density at radius 2 is 2.11 bits per heavy atom. The highest BCUT2D eigenvalue weighted by molar-refractivity contribution is 6.03. The summed E-state index contributed by atoms with van der Waals surface area (Å²) in [6.07, 6.45) is 1.03. The van der Waals surface area contributed by atoms with E-state index in [2.05, 4.69) is 4.90 Å². The van der Waals surface area contributed by atoms with Gasteiger partial charge < -0.3 is 10.5 Å². The molecule has 104 valence electrons. The molecule has 0 aromatic carbocycles. The van der Waals surface area contributed by atoms with Crippen molar-refractivity contribution in [3.05, 3.63) is 0 Å². The van der Waals surface area contributed by atoms with Crippen molar-refractivity contribution in [2.24, 2.45) is 17.1 Å². The van der Waals surface area contributed by atoms with Gasteiger partial charge in [0.1, 0.15) is 5.41 Å². The maximum Gasteiger partial charge on any atom is 0.319 e. The summed E-state index contributed by atoms with van der Waals surface area (Å²) in [5.74, 6) is -0.0494. The molecule has 1 rings (SSSR count). The number of carbonyl (C=O) groups is 2. The largest absolute Gasteiger partial charge is 0.465 e. The van der Waals surface area contributed by atoms with Crippen molar-refractivity contribution in [2.75, 3.05) is 32.8 Å². The molecule has 0 aliphatic carbocycles. The van der Waals surface area contributed by atoms with Crippen molar-refractivity contribution in [2.45, 2.75) is 27.2 Å². The lowest BCUT2D eigenvalue weighted by molar-refractivity contribution is -0.158. The van der Waals surface area contributed by atoms with Crippen LogP contribution in [0.3, 0.4) is 0 Å². The molecular formula is C13H24N2O3. The molecule has 0 radical (unpaired) electrons. The van der Waals surface area contributed by atoms with Gasteiger partial charge in [0.25, 0.3) is 0 Å². The van der Waals surface area contributed by atoms with Gasteiger partial charge in [0.2, 0.25) is 0 Å². The van der Waals surface area contributed by atoms with Gasteiger partial charge in [0, 0.05) is 6.54 Å². The summed E-state index contributed by atoms with van der Waals surface area (Å²) < 4.78 is 4.94. The summed E-state index contributed by atoms with van der Waals surface area (Å²) in [5.41, 5.74) is 4.56. The van der Waals surface area contributed by atoms with Crippen LogP contribution in [0.25, 0.3) is 0 Å². The van der Waals surface area contributed by atoms with Crippen LogP contribution >= 0.6 is 0 Å². The number of carbonyl (C=O) groups excluding carboxylic acids is 2. The number of nitrogens with zero attached hydrogens (tertiary/aromatic N) is 1. The third-order valence-electron chi connectivity index (χ3n) is 3.55. The molecule has 1 unspecified atom stereocenters. The Labute approximate surface area is 109 Å². The highest BCUT2D eigenvalue weighted by atomic mass is 16.5. The van der Waals surface area contributed by atoms with E-state index in [4.69, 9.17) is 10.5 Å². The van der Waals surface area contributed by atoms with Crippen molar-refractivity contribution in [1.82, 2.24) is 4.90 Å². The minimum absolute atomic E-state index is 0.0846. The van der Waals surface area contributed by atoms with E-state index in [0.29, 0.717) is 25.6 Å². The first-order valence-electron chi connectivity index (χ1n) is 6.54. The first-order chi connectivity index (χ1) is 8.41. The van der Waals surface area contributed by atoms with E-state index >= 15 is 0 Å². The lowest BCUT2D eigenvalue weighted by Crippen LogP contribution is -2.41. The molecule has 5 heteroatoms. The Balaban J connectivity index is 2.52. The molecule has 1 saturated heterocycles. The van der Waals surface area contributed by atoms with Gasteiger partial charge in [-0.3, -0.25) is 14.5 Å². The Morgan fingerprint density at radius 1 is 1.44 bits per heavy atom. The Hall–Kier alpha value is -0.940. The van der Waals surface area contributed by atoms with E-state index in [1.807, 2.05) is 0 Å². The Bertz CT molecular complexity index is 315. The highest BCUT2D eigenvalue weighted by Gasteiger charge is 2.38. The molecule has 0 bridgehead atoms. The molecule has 0 spiro atoms. The van der Waals surface area contributed by atoms with Gasteiger partial charge in [-0.05, 0) is 46.2 Å². The van der Waals surface area contributed by atoms with Gasteiger partial charge in [-0.2, -0.15) is 0 Å². The molecule has 1 aliphatic rings. The van der Waals surface area contributed by atoms with Crippen LogP contribution in [0.1, 0.15) is 27.2 Å². The molecule has 0 saturated carbocycles. The van der Waals surface area contributed by atoms with E-state index in [-0.39, 0.29) is 5.78 Å². The topological polar surface area (TPSA) is 72.6 Å². The summed E-state index contributed by atoms with van der Waals surface area (Å²) in [6.45, 7) is 7.99. The zero-order valence-corrected chi connectivity index (χ0v) is 11.6. The van der Waals surface area contributed by atoms with Crippen LogP contribution in [-0.2, 0) is 14.3 Å². The molecule has 1 heterocycles. The zero-order chi connectivity index (χ0) is 13.8. The lowest BCUT2D eigenvalue weighted by atomic mass is 9.88. The van der Waals surface area contributed by atoms with Gasteiger partial charge in [-0.15, -0.1) is 0 Å². The Morgan fingerprint density at radius 3 is 2.61 bits per heavy atom. The fourth-order valence-electron chi connectivity index (χ4n) is 2.07. The van der Waals surface area contributed by atoms with Gasteiger partial charge in [-0.25, -0.2) is 0 Å². The van der Waals surface area contributed by atoms with Crippen LogP contribution in [0.5, 0.6) is 0 Å². The molecule has 18 heavy (non-hydrogen) atoms. The maximum atomic E-state index is 12.2. The number of Topliss-reactive ketones (excluding diaryl/α,β-unsaturated/α-hetero) is 1. The first-order valence-corrected chi connectivity index (χ1v) is 6.54. The lowest BCUT2D eigenvalue weighted by Gasteiger charge is -2.24. The maximum absolute atomic E-state index is 12.2. The zero-order valence-electron chi connectivity index (χ0n) is 11.6. The van der Waals surface area contributed by atoms with Gasteiger partial charge in [-0.1, -0.05) is 0 Å². The van der Waals surface area contributed by atoms with Crippen LogP contribution in [0.15, 0.2) is 0 Å². The van der Waals surface area contributed by atoms with Crippen LogP contribution in [0, 0.1) is 11.3 Å². The molecule has 5 nitrogen and oxygen atoms in total. The fourth-order valence-corrected chi connectivity index (χ4v) is 2.07. The normalized spacial score (nSPS) is 21.0. The SMILES string of the molecule is CCOC(=O)C(C)(C)C(=O)CN1CCC(CN)C1. The molecule has 1 aliphatic heterocycles. The number of hydrogen-bond acceptors (Lipinski definition) is 5. The minimum Gasteiger partial charge on any atom is -0.465 e. The summed E-state index contributed by atoms with van der Waals surface area (Å²) in [4.78, 5) is 25.9. The number of rotatable bonds is 6. The van der Waals surface area contributed by atoms with Crippen molar-refractivity contribution >= 4 is 11.8 Å². The van der Waals surface area contributed by atoms with E-state index < -0.39 is 11.4 Å². The summed E-state index contributed by atoms with van der Waals surface area (Å²) in [5, 5.41) is 0. The highest BCUT2D eigenvalue weighted by Crippen LogP contribution is 2.22. The van der Waals surface area contributed by atoms with E-state index in [1.54, 1.807) is 20.8 Å². The molecule has 0 aromatic heterocycles. The van der Waals surface area contributed by atoms with Crippen LogP contribution < -0.4 is 5.73 Å². The molecule has 2 N–H and O–H groups in total. The predicted molar refractivity (Wildman–Crippen MR) is 69.0 cm³/mol. The second-order valence-corrected chi connectivity index (χ2v) is 5.39. The first kappa shape index (κ1) is 15.1. The minimum atomic E-state index is -1.06. The molecule has 1 fully saturated rings. The van der Waals surface area contributed by atoms with Gasteiger partial charge in [0.15, 0.2) is 5.78 Å². The smallest absolute Gasteiger partial charge is 0.319 e. The van der Waals surface area contributed by atoms with Crippen molar-refractivity contribution in [3.8, 4) is 0 Å². The summed E-state index contributed by atoms with van der Waals surface area (Å²) >= 11 is 0. The average Bonchev–Trinajstić information content (AvgIpc) is 2.77. The average molecular weight is 256 g/mol. The van der Waals surface area contributed by atoms with Crippen molar-refractivity contribution in [1.29, 1.82) is 0 Å².